The van der Waals surface area contributed by atoms with Crippen molar-refractivity contribution in [3.05, 3.63) is 54.6 Å². The number of carbonyl (C=O) groups excluding carboxylic acids is 1. The lowest BCUT2D eigenvalue weighted by Gasteiger charge is -2.10. The Morgan fingerprint density at radius 2 is 1.67 bits per heavy atom. The van der Waals surface area contributed by atoms with Gasteiger partial charge in [0.2, 0.25) is 0 Å². The summed E-state index contributed by atoms with van der Waals surface area (Å²) >= 11 is 0. The van der Waals surface area contributed by atoms with Crippen LogP contribution in [-0.2, 0) is 4.79 Å². The average molecular weight is 327 g/mol. The van der Waals surface area contributed by atoms with Crippen LogP contribution >= 0.6 is 0 Å². The summed E-state index contributed by atoms with van der Waals surface area (Å²) in [7, 11) is 0. The van der Waals surface area contributed by atoms with Gasteiger partial charge in [-0.1, -0.05) is 50.5 Å². The number of para-hydroxylation sites is 1. The van der Waals surface area contributed by atoms with Crippen LogP contribution in [0.3, 0.4) is 0 Å². The van der Waals surface area contributed by atoms with Gasteiger partial charge in [-0.15, -0.1) is 0 Å². The van der Waals surface area contributed by atoms with E-state index in [9.17, 15) is 4.79 Å². The maximum atomic E-state index is 11.9. The molecule has 1 amide bonds. The Bertz CT molecular complexity index is 613. The van der Waals surface area contributed by atoms with Crippen molar-refractivity contribution in [2.45, 2.75) is 32.6 Å². The van der Waals surface area contributed by atoms with Gasteiger partial charge in [-0.05, 0) is 30.7 Å². The Hall–Kier alpha value is -2.49. The number of amides is 1. The summed E-state index contributed by atoms with van der Waals surface area (Å²) in [5.41, 5.74) is 0.760. The first-order valence-electron chi connectivity index (χ1n) is 8.48. The molecule has 0 fully saturated rings. The summed E-state index contributed by atoms with van der Waals surface area (Å²) in [5.74, 6) is 1.21. The highest BCUT2D eigenvalue weighted by atomic mass is 16.5. The molecule has 0 bridgehead atoms. The lowest BCUT2D eigenvalue weighted by Crippen LogP contribution is -2.20. The van der Waals surface area contributed by atoms with E-state index < -0.39 is 0 Å². The van der Waals surface area contributed by atoms with Gasteiger partial charge in [0, 0.05) is 11.8 Å². The van der Waals surface area contributed by atoms with Crippen molar-refractivity contribution in [2.75, 3.05) is 18.5 Å². The van der Waals surface area contributed by atoms with Gasteiger partial charge in [0.05, 0.1) is 6.61 Å². The molecule has 2 aromatic carbocycles. The van der Waals surface area contributed by atoms with Gasteiger partial charge in [0.25, 0.3) is 5.91 Å². The Labute approximate surface area is 143 Å². The number of rotatable bonds is 10. The Kier molecular flexibility index (Phi) is 7.68. The first-order chi connectivity index (χ1) is 11.8. The molecule has 4 nitrogen and oxygen atoms in total. The lowest BCUT2D eigenvalue weighted by atomic mass is 10.2. The highest BCUT2D eigenvalue weighted by Crippen LogP contribution is 2.20. The summed E-state index contributed by atoms with van der Waals surface area (Å²) < 4.78 is 11.2. The summed E-state index contributed by atoms with van der Waals surface area (Å²) in [6.07, 6.45) is 4.70. The third kappa shape index (κ3) is 6.73. The second-order valence-corrected chi connectivity index (χ2v) is 5.59. The molecule has 0 spiro atoms. The first-order valence-corrected chi connectivity index (χ1v) is 8.48. The molecule has 0 atom stereocenters. The Balaban J connectivity index is 1.74. The van der Waals surface area contributed by atoms with E-state index in [2.05, 4.69) is 12.2 Å². The van der Waals surface area contributed by atoms with Crippen molar-refractivity contribution in [3.63, 3.8) is 0 Å². The minimum absolute atomic E-state index is 0.0329. The third-order valence-corrected chi connectivity index (χ3v) is 3.50. The van der Waals surface area contributed by atoms with Crippen molar-refractivity contribution in [1.82, 2.24) is 0 Å². The molecular formula is C20H25NO3. The second kappa shape index (κ2) is 10.3. The van der Waals surface area contributed by atoms with E-state index in [0.29, 0.717) is 12.4 Å². The lowest BCUT2D eigenvalue weighted by molar-refractivity contribution is -0.118. The molecule has 0 saturated carbocycles. The van der Waals surface area contributed by atoms with Crippen LogP contribution in [0, 0.1) is 0 Å². The predicted molar refractivity (Wildman–Crippen MR) is 96.6 cm³/mol. The summed E-state index contributed by atoms with van der Waals surface area (Å²) in [4.78, 5) is 11.9. The average Bonchev–Trinajstić information content (AvgIpc) is 2.61. The van der Waals surface area contributed by atoms with Crippen molar-refractivity contribution in [1.29, 1.82) is 0 Å². The quantitative estimate of drug-likeness (QED) is 0.645. The van der Waals surface area contributed by atoms with Crippen LogP contribution in [0.4, 0.5) is 5.69 Å². The number of ether oxygens (including phenoxy) is 2. The molecule has 24 heavy (non-hydrogen) atoms. The number of carbonyl (C=O) groups is 1. The van der Waals surface area contributed by atoms with Gasteiger partial charge < -0.3 is 14.8 Å². The van der Waals surface area contributed by atoms with Crippen LogP contribution in [0.2, 0.25) is 0 Å². The van der Waals surface area contributed by atoms with Crippen molar-refractivity contribution in [3.8, 4) is 11.5 Å². The van der Waals surface area contributed by atoms with Gasteiger partial charge in [0.1, 0.15) is 11.5 Å². The monoisotopic (exact) mass is 327 g/mol. The van der Waals surface area contributed by atoms with E-state index >= 15 is 0 Å². The minimum Gasteiger partial charge on any atom is -0.493 e. The van der Waals surface area contributed by atoms with Crippen LogP contribution in [0.25, 0.3) is 0 Å². The molecule has 0 aliphatic carbocycles. The maximum Gasteiger partial charge on any atom is 0.262 e. The van der Waals surface area contributed by atoms with Crippen molar-refractivity contribution < 1.29 is 14.3 Å². The van der Waals surface area contributed by atoms with Crippen LogP contribution in [0.15, 0.2) is 54.6 Å². The fourth-order valence-corrected chi connectivity index (χ4v) is 2.24. The van der Waals surface area contributed by atoms with Crippen LogP contribution in [0.1, 0.15) is 32.6 Å². The zero-order chi connectivity index (χ0) is 17.0. The van der Waals surface area contributed by atoms with E-state index in [1.807, 2.05) is 54.6 Å². The highest BCUT2D eigenvalue weighted by molar-refractivity contribution is 5.91. The van der Waals surface area contributed by atoms with E-state index in [-0.39, 0.29) is 12.5 Å². The zero-order valence-electron chi connectivity index (χ0n) is 14.2. The molecule has 0 aliphatic heterocycles. The van der Waals surface area contributed by atoms with Gasteiger partial charge in [0.15, 0.2) is 6.61 Å². The number of anilines is 1. The summed E-state index contributed by atoms with van der Waals surface area (Å²) in [6.45, 7) is 2.86. The van der Waals surface area contributed by atoms with E-state index in [1.54, 1.807) is 0 Å². The van der Waals surface area contributed by atoms with Gasteiger partial charge in [-0.2, -0.15) is 0 Å². The molecule has 1 N–H and O–H groups in total. The molecule has 0 saturated heterocycles. The molecule has 2 aromatic rings. The van der Waals surface area contributed by atoms with Gasteiger partial charge in [-0.3, -0.25) is 4.79 Å². The molecular weight excluding hydrogens is 302 g/mol. The van der Waals surface area contributed by atoms with Gasteiger partial charge in [-0.25, -0.2) is 0 Å². The normalized spacial score (nSPS) is 10.2. The molecule has 4 heteroatoms. The topological polar surface area (TPSA) is 47.6 Å². The molecule has 0 unspecified atom stereocenters. The molecule has 0 radical (unpaired) electrons. The smallest absolute Gasteiger partial charge is 0.262 e. The number of unbranched alkanes of at least 4 members (excludes halogenated alkanes) is 3. The zero-order valence-corrected chi connectivity index (χ0v) is 14.2. The number of nitrogens with one attached hydrogen (secondary N) is 1. The van der Waals surface area contributed by atoms with Crippen molar-refractivity contribution in [2.24, 2.45) is 0 Å². The SMILES string of the molecule is CCCCCCOc1cccc(OCC(=O)Nc2ccccc2)c1. The number of benzene rings is 2. The van der Waals surface area contributed by atoms with E-state index in [0.717, 1.165) is 17.9 Å². The predicted octanol–water partition coefficient (Wildman–Crippen LogP) is 4.66. The molecule has 128 valence electrons. The number of hydrogen-bond donors (Lipinski definition) is 1. The Morgan fingerprint density at radius 1 is 0.917 bits per heavy atom. The molecule has 0 aliphatic rings. The fraction of sp³-hybridized carbons (Fsp3) is 0.350. The maximum absolute atomic E-state index is 11.9. The fourth-order valence-electron chi connectivity index (χ4n) is 2.24. The van der Waals surface area contributed by atoms with Gasteiger partial charge >= 0.3 is 0 Å². The van der Waals surface area contributed by atoms with Crippen LogP contribution < -0.4 is 14.8 Å². The summed E-state index contributed by atoms with van der Waals surface area (Å²) in [6, 6.07) is 16.7. The van der Waals surface area contributed by atoms with E-state index in [1.165, 1.54) is 19.3 Å². The van der Waals surface area contributed by atoms with Crippen molar-refractivity contribution >= 4 is 11.6 Å². The largest absolute Gasteiger partial charge is 0.493 e. The summed E-state index contributed by atoms with van der Waals surface area (Å²) in [5, 5.41) is 2.79. The van der Waals surface area contributed by atoms with Crippen LogP contribution in [0.5, 0.6) is 11.5 Å². The first kappa shape index (κ1) is 17.9. The molecule has 0 aromatic heterocycles. The Morgan fingerprint density at radius 3 is 2.42 bits per heavy atom. The standard InChI is InChI=1S/C20H25NO3/c1-2-3-4-8-14-23-18-12-9-13-19(15-18)24-16-20(22)21-17-10-6-5-7-11-17/h5-7,9-13,15H,2-4,8,14,16H2,1H3,(H,21,22). The second-order valence-electron chi connectivity index (χ2n) is 5.59. The molecule has 2 rings (SSSR count). The van der Waals surface area contributed by atoms with E-state index in [4.69, 9.17) is 9.47 Å². The molecule has 0 heterocycles. The number of hydrogen-bond acceptors (Lipinski definition) is 3. The minimum atomic E-state index is -0.188. The highest BCUT2D eigenvalue weighted by Gasteiger charge is 2.04. The third-order valence-electron chi connectivity index (χ3n) is 3.50. The van der Waals surface area contributed by atoms with Crippen LogP contribution in [-0.4, -0.2) is 19.1 Å².